The van der Waals surface area contributed by atoms with E-state index in [1.807, 2.05) is 35.8 Å². The molecule has 1 N–H and O–H groups in total. The number of ether oxygens (including phenoxy) is 1. The van der Waals surface area contributed by atoms with E-state index in [-0.39, 0.29) is 12.5 Å². The van der Waals surface area contributed by atoms with Crippen LogP contribution in [0.1, 0.15) is 5.82 Å². The van der Waals surface area contributed by atoms with E-state index >= 15 is 0 Å². The molecule has 0 bridgehead atoms. The Morgan fingerprint density at radius 1 is 1.44 bits per heavy atom. The van der Waals surface area contributed by atoms with Gasteiger partial charge in [-0.25, -0.2) is 4.98 Å². The molecule has 0 radical (unpaired) electrons. The van der Waals surface area contributed by atoms with Crippen LogP contribution in [-0.2, 0) is 16.1 Å². The van der Waals surface area contributed by atoms with Gasteiger partial charge in [0, 0.05) is 13.7 Å². The summed E-state index contributed by atoms with van der Waals surface area (Å²) < 4.78 is 6.80. The summed E-state index contributed by atoms with van der Waals surface area (Å²) in [6, 6.07) is 7.81. The fourth-order valence-corrected chi connectivity index (χ4v) is 1.89. The number of methoxy groups -OCH3 is 1. The largest absolute Gasteiger partial charge is 0.383 e. The highest BCUT2D eigenvalue weighted by Crippen LogP contribution is 2.14. The van der Waals surface area contributed by atoms with Crippen molar-refractivity contribution in [1.29, 1.82) is 0 Å². The Bertz CT molecular complexity index is 548. The zero-order chi connectivity index (χ0) is 13.0. The summed E-state index contributed by atoms with van der Waals surface area (Å²) in [6.45, 7) is 3.24. The first kappa shape index (κ1) is 12.6. The van der Waals surface area contributed by atoms with E-state index in [9.17, 15) is 4.79 Å². The van der Waals surface area contributed by atoms with Crippen molar-refractivity contribution in [2.45, 2.75) is 13.5 Å². The van der Waals surface area contributed by atoms with Crippen LogP contribution in [-0.4, -0.2) is 35.7 Å². The lowest BCUT2D eigenvalue weighted by Gasteiger charge is -2.07. The molecule has 5 nitrogen and oxygen atoms in total. The summed E-state index contributed by atoms with van der Waals surface area (Å²) >= 11 is 0. The number of fused-ring (bicyclic) bond motifs is 1. The molecule has 0 fully saturated rings. The van der Waals surface area contributed by atoms with E-state index in [0.717, 1.165) is 16.9 Å². The van der Waals surface area contributed by atoms with Crippen LogP contribution in [0.4, 0.5) is 0 Å². The van der Waals surface area contributed by atoms with Gasteiger partial charge in [-0.3, -0.25) is 4.79 Å². The smallest absolute Gasteiger partial charge is 0.240 e. The maximum absolute atomic E-state index is 11.8. The standard InChI is InChI=1S/C13H17N3O2/c1-10-15-11-5-3-4-6-12(11)16(10)9-13(17)14-7-8-18-2/h3-6H,7-9H2,1-2H3,(H,14,17). The summed E-state index contributed by atoms with van der Waals surface area (Å²) in [6.07, 6.45) is 0. The minimum absolute atomic E-state index is 0.0293. The molecule has 1 aromatic heterocycles. The molecule has 0 aliphatic carbocycles. The predicted molar refractivity (Wildman–Crippen MR) is 69.4 cm³/mol. The van der Waals surface area contributed by atoms with Crippen LogP contribution in [0.25, 0.3) is 11.0 Å². The second kappa shape index (κ2) is 5.64. The monoisotopic (exact) mass is 247 g/mol. The van der Waals surface area contributed by atoms with Gasteiger partial charge in [0.25, 0.3) is 0 Å². The van der Waals surface area contributed by atoms with Crippen molar-refractivity contribution >= 4 is 16.9 Å². The first-order valence-corrected chi connectivity index (χ1v) is 5.90. The number of imidazole rings is 1. The number of amides is 1. The topological polar surface area (TPSA) is 56.1 Å². The number of carbonyl (C=O) groups is 1. The third kappa shape index (κ3) is 2.68. The number of carbonyl (C=O) groups excluding carboxylic acids is 1. The third-order valence-corrected chi connectivity index (χ3v) is 2.78. The number of hydrogen-bond acceptors (Lipinski definition) is 3. The number of nitrogens with zero attached hydrogens (tertiary/aromatic N) is 2. The summed E-state index contributed by atoms with van der Waals surface area (Å²) in [7, 11) is 1.61. The van der Waals surface area contributed by atoms with Crippen molar-refractivity contribution < 1.29 is 9.53 Å². The van der Waals surface area contributed by atoms with Gasteiger partial charge in [0.1, 0.15) is 12.4 Å². The molecule has 0 saturated heterocycles. The first-order valence-electron chi connectivity index (χ1n) is 5.90. The average molecular weight is 247 g/mol. The van der Waals surface area contributed by atoms with Crippen molar-refractivity contribution in [3.05, 3.63) is 30.1 Å². The van der Waals surface area contributed by atoms with Crippen molar-refractivity contribution in [3.63, 3.8) is 0 Å². The maximum atomic E-state index is 11.8. The highest BCUT2D eigenvalue weighted by atomic mass is 16.5. The van der Waals surface area contributed by atoms with Crippen molar-refractivity contribution in [3.8, 4) is 0 Å². The quantitative estimate of drug-likeness (QED) is 0.805. The SMILES string of the molecule is COCCNC(=O)Cn1c(C)nc2ccccc21. The van der Waals surface area contributed by atoms with E-state index in [4.69, 9.17) is 4.74 Å². The Morgan fingerprint density at radius 2 is 2.22 bits per heavy atom. The molecule has 0 aliphatic rings. The molecular weight excluding hydrogens is 230 g/mol. The van der Waals surface area contributed by atoms with Gasteiger partial charge in [0.15, 0.2) is 0 Å². The Morgan fingerprint density at radius 3 is 3.00 bits per heavy atom. The minimum atomic E-state index is -0.0293. The molecule has 18 heavy (non-hydrogen) atoms. The van der Waals surface area contributed by atoms with Gasteiger partial charge in [-0.05, 0) is 19.1 Å². The van der Waals surface area contributed by atoms with Crippen LogP contribution in [0, 0.1) is 6.92 Å². The molecule has 5 heteroatoms. The summed E-state index contributed by atoms with van der Waals surface area (Å²) in [4.78, 5) is 16.2. The molecule has 2 aromatic rings. The van der Waals surface area contributed by atoms with Crippen molar-refractivity contribution in [1.82, 2.24) is 14.9 Å². The molecule has 0 saturated carbocycles. The molecule has 0 atom stereocenters. The van der Waals surface area contributed by atoms with E-state index in [2.05, 4.69) is 10.3 Å². The lowest BCUT2D eigenvalue weighted by molar-refractivity contribution is -0.121. The molecule has 1 heterocycles. The molecule has 1 amide bonds. The molecule has 96 valence electrons. The summed E-state index contributed by atoms with van der Waals surface area (Å²) in [5, 5.41) is 2.80. The highest BCUT2D eigenvalue weighted by Gasteiger charge is 2.09. The Hall–Kier alpha value is -1.88. The molecule has 2 rings (SSSR count). The van der Waals surface area contributed by atoms with Gasteiger partial charge in [-0.2, -0.15) is 0 Å². The van der Waals surface area contributed by atoms with E-state index in [0.29, 0.717) is 13.2 Å². The first-order chi connectivity index (χ1) is 8.72. The second-order valence-corrected chi connectivity index (χ2v) is 4.08. The fraction of sp³-hybridized carbons (Fsp3) is 0.385. The van der Waals surface area contributed by atoms with Gasteiger partial charge in [0.2, 0.25) is 5.91 Å². The second-order valence-electron chi connectivity index (χ2n) is 4.08. The zero-order valence-corrected chi connectivity index (χ0v) is 10.6. The van der Waals surface area contributed by atoms with Crippen LogP contribution in [0.15, 0.2) is 24.3 Å². The normalized spacial score (nSPS) is 10.8. The highest BCUT2D eigenvalue weighted by molar-refractivity contribution is 5.81. The number of aromatic nitrogens is 2. The van der Waals surface area contributed by atoms with E-state index in [1.165, 1.54) is 0 Å². The van der Waals surface area contributed by atoms with Crippen molar-refractivity contribution in [2.75, 3.05) is 20.3 Å². The number of hydrogen-bond donors (Lipinski definition) is 1. The number of nitrogens with one attached hydrogen (secondary N) is 1. The minimum Gasteiger partial charge on any atom is -0.383 e. The van der Waals surface area contributed by atoms with Crippen molar-refractivity contribution in [2.24, 2.45) is 0 Å². The number of rotatable bonds is 5. The van der Waals surface area contributed by atoms with Gasteiger partial charge in [0.05, 0.1) is 17.6 Å². The van der Waals surface area contributed by atoms with Crippen LogP contribution >= 0.6 is 0 Å². The van der Waals surface area contributed by atoms with E-state index < -0.39 is 0 Å². The van der Waals surface area contributed by atoms with Crippen LogP contribution in [0.3, 0.4) is 0 Å². The van der Waals surface area contributed by atoms with Gasteiger partial charge in [-0.1, -0.05) is 12.1 Å². The molecule has 0 aliphatic heterocycles. The fourth-order valence-electron chi connectivity index (χ4n) is 1.89. The number of aryl methyl sites for hydroxylation is 1. The third-order valence-electron chi connectivity index (χ3n) is 2.78. The Kier molecular flexibility index (Phi) is 3.94. The summed E-state index contributed by atoms with van der Waals surface area (Å²) in [5.41, 5.74) is 1.90. The maximum Gasteiger partial charge on any atom is 0.240 e. The number of para-hydroxylation sites is 2. The number of benzene rings is 1. The Labute approximate surface area is 106 Å². The average Bonchev–Trinajstić information content (AvgIpc) is 2.67. The summed E-state index contributed by atoms with van der Waals surface area (Å²) in [5.74, 6) is 0.816. The lowest BCUT2D eigenvalue weighted by atomic mass is 10.3. The predicted octanol–water partition coefficient (Wildman–Crippen LogP) is 1.11. The van der Waals surface area contributed by atoms with Crippen LogP contribution < -0.4 is 5.32 Å². The molecule has 0 unspecified atom stereocenters. The zero-order valence-electron chi connectivity index (χ0n) is 10.6. The lowest BCUT2D eigenvalue weighted by Crippen LogP contribution is -2.30. The van der Waals surface area contributed by atoms with E-state index in [1.54, 1.807) is 7.11 Å². The Balaban J connectivity index is 2.11. The van der Waals surface area contributed by atoms with Crippen LogP contribution in [0.5, 0.6) is 0 Å². The van der Waals surface area contributed by atoms with Gasteiger partial charge < -0.3 is 14.6 Å². The molecule has 0 spiro atoms. The van der Waals surface area contributed by atoms with Gasteiger partial charge in [-0.15, -0.1) is 0 Å². The van der Waals surface area contributed by atoms with Gasteiger partial charge >= 0.3 is 0 Å². The molecule has 1 aromatic carbocycles. The molecular formula is C13H17N3O2. The van der Waals surface area contributed by atoms with Crippen LogP contribution in [0.2, 0.25) is 0 Å².